The van der Waals surface area contributed by atoms with Crippen LogP contribution in [0.2, 0.25) is 0 Å². The summed E-state index contributed by atoms with van der Waals surface area (Å²) in [5.41, 5.74) is 0.607. The van der Waals surface area contributed by atoms with Gasteiger partial charge in [-0.25, -0.2) is 0 Å². The van der Waals surface area contributed by atoms with Crippen molar-refractivity contribution < 1.29 is 4.79 Å². The van der Waals surface area contributed by atoms with Crippen molar-refractivity contribution in [3.8, 4) is 0 Å². The fourth-order valence-corrected chi connectivity index (χ4v) is 4.36. The van der Waals surface area contributed by atoms with Gasteiger partial charge in [0.25, 0.3) is 11.5 Å². The molecule has 1 fully saturated rings. The number of nitrogens with zero attached hydrogens (tertiary/aromatic N) is 2. The molecule has 2 aromatic heterocycles. The number of fused-ring (bicyclic) bond motifs is 1. The molecule has 0 saturated carbocycles. The predicted molar refractivity (Wildman–Crippen MR) is 95.4 cm³/mol. The van der Waals surface area contributed by atoms with E-state index in [0.29, 0.717) is 23.4 Å². The van der Waals surface area contributed by atoms with Crippen molar-refractivity contribution in [2.45, 2.75) is 46.6 Å². The Kier molecular flexibility index (Phi) is 4.57. The van der Waals surface area contributed by atoms with E-state index in [4.69, 9.17) is 0 Å². The SMILES string of the molecule is Cc1sc2ccn(CC(C)C)c(=O)c2c1C(=O)N1CCCCC1. The predicted octanol–water partition coefficient (Wildman–Crippen LogP) is 3.65. The number of thiophene rings is 1. The van der Waals surface area contributed by atoms with Crippen molar-refractivity contribution in [3.63, 3.8) is 0 Å². The molecule has 2 aromatic rings. The number of carbonyl (C=O) groups excluding carboxylic acids is 1. The van der Waals surface area contributed by atoms with Gasteiger partial charge in [0.1, 0.15) is 0 Å². The first-order chi connectivity index (χ1) is 11.0. The lowest BCUT2D eigenvalue weighted by molar-refractivity contribution is 0.0726. The third-order valence-corrected chi connectivity index (χ3v) is 5.48. The maximum absolute atomic E-state index is 13.0. The van der Waals surface area contributed by atoms with Crippen LogP contribution in [-0.4, -0.2) is 28.5 Å². The van der Waals surface area contributed by atoms with E-state index in [9.17, 15) is 9.59 Å². The summed E-state index contributed by atoms with van der Waals surface area (Å²) in [7, 11) is 0. The highest BCUT2D eigenvalue weighted by atomic mass is 32.1. The number of rotatable bonds is 3. The maximum Gasteiger partial charge on any atom is 0.260 e. The second-order valence-electron chi connectivity index (χ2n) is 6.79. The van der Waals surface area contributed by atoms with Crippen LogP contribution in [0.3, 0.4) is 0 Å². The molecule has 1 amide bonds. The topological polar surface area (TPSA) is 42.3 Å². The zero-order chi connectivity index (χ0) is 16.6. The second kappa shape index (κ2) is 6.48. The Labute approximate surface area is 140 Å². The standard InChI is InChI=1S/C18H24N2O2S/c1-12(2)11-20-10-7-14-16(18(20)22)15(13(3)23-14)17(21)19-8-5-4-6-9-19/h7,10,12H,4-6,8-9,11H2,1-3H3. The Balaban J connectivity index is 2.10. The molecule has 0 unspecified atom stereocenters. The summed E-state index contributed by atoms with van der Waals surface area (Å²) in [5, 5.41) is 0.617. The molecule has 1 saturated heterocycles. The number of hydrogen-bond acceptors (Lipinski definition) is 3. The molecule has 23 heavy (non-hydrogen) atoms. The number of hydrogen-bond donors (Lipinski definition) is 0. The first-order valence-corrected chi connectivity index (χ1v) is 9.22. The summed E-state index contributed by atoms with van der Waals surface area (Å²) in [5.74, 6) is 0.430. The highest BCUT2D eigenvalue weighted by Gasteiger charge is 2.25. The lowest BCUT2D eigenvalue weighted by atomic mass is 10.1. The van der Waals surface area contributed by atoms with Gasteiger partial charge in [0.15, 0.2) is 0 Å². The molecule has 0 bridgehead atoms. The third kappa shape index (κ3) is 3.07. The van der Waals surface area contributed by atoms with Crippen molar-refractivity contribution in [3.05, 3.63) is 33.1 Å². The third-order valence-electron chi connectivity index (χ3n) is 4.41. The molecule has 4 nitrogen and oxygen atoms in total. The fourth-order valence-electron chi connectivity index (χ4n) is 3.31. The van der Waals surface area contributed by atoms with E-state index in [1.165, 1.54) is 6.42 Å². The van der Waals surface area contributed by atoms with Crippen molar-refractivity contribution >= 4 is 27.3 Å². The molecule has 0 aliphatic carbocycles. The van der Waals surface area contributed by atoms with Crippen molar-refractivity contribution in [2.24, 2.45) is 5.92 Å². The molecular weight excluding hydrogens is 308 g/mol. The molecular formula is C18H24N2O2S. The summed E-state index contributed by atoms with van der Waals surface area (Å²) in [6, 6.07) is 1.98. The molecule has 0 radical (unpaired) electrons. The molecule has 3 heterocycles. The normalized spacial score (nSPS) is 15.6. The van der Waals surface area contributed by atoms with Crippen molar-refractivity contribution in [1.82, 2.24) is 9.47 Å². The van der Waals surface area contributed by atoms with E-state index >= 15 is 0 Å². The van der Waals surface area contributed by atoms with Crippen molar-refractivity contribution in [2.75, 3.05) is 13.1 Å². The van der Waals surface area contributed by atoms with Crippen LogP contribution < -0.4 is 5.56 Å². The number of piperidine rings is 1. The molecule has 1 aliphatic heterocycles. The smallest absolute Gasteiger partial charge is 0.260 e. The van der Waals surface area contributed by atoms with E-state index in [2.05, 4.69) is 13.8 Å². The van der Waals surface area contributed by atoms with Gasteiger partial charge in [0.05, 0.1) is 10.9 Å². The monoisotopic (exact) mass is 332 g/mol. The summed E-state index contributed by atoms with van der Waals surface area (Å²) < 4.78 is 2.67. The van der Waals surface area contributed by atoms with Gasteiger partial charge >= 0.3 is 0 Å². The number of likely N-dealkylation sites (tertiary alicyclic amines) is 1. The second-order valence-corrected chi connectivity index (χ2v) is 8.05. The number of aryl methyl sites for hydroxylation is 1. The molecule has 5 heteroatoms. The number of pyridine rings is 1. The first-order valence-electron chi connectivity index (χ1n) is 8.41. The van der Waals surface area contributed by atoms with Gasteiger partial charge < -0.3 is 9.47 Å². The van der Waals surface area contributed by atoms with E-state index < -0.39 is 0 Å². The highest BCUT2D eigenvalue weighted by molar-refractivity contribution is 7.19. The lowest BCUT2D eigenvalue weighted by Crippen LogP contribution is -2.36. The molecule has 3 rings (SSSR count). The van der Waals surface area contributed by atoms with Gasteiger partial charge in [0.2, 0.25) is 0 Å². The quantitative estimate of drug-likeness (QED) is 0.861. The van der Waals surface area contributed by atoms with Crippen LogP contribution in [0.1, 0.15) is 48.3 Å². The number of amides is 1. The van der Waals surface area contributed by atoms with Crippen LogP contribution in [0, 0.1) is 12.8 Å². The van der Waals surface area contributed by atoms with Gasteiger partial charge in [-0.05, 0) is 38.2 Å². The lowest BCUT2D eigenvalue weighted by Gasteiger charge is -2.26. The minimum absolute atomic E-state index is 0.0269. The van der Waals surface area contributed by atoms with Crippen LogP contribution in [0.4, 0.5) is 0 Å². The average molecular weight is 332 g/mol. The van der Waals surface area contributed by atoms with E-state index in [-0.39, 0.29) is 11.5 Å². The van der Waals surface area contributed by atoms with Gasteiger partial charge in [-0.3, -0.25) is 9.59 Å². The highest BCUT2D eigenvalue weighted by Crippen LogP contribution is 2.30. The molecule has 0 N–H and O–H groups in total. The van der Waals surface area contributed by atoms with Gasteiger partial charge in [-0.15, -0.1) is 11.3 Å². The van der Waals surface area contributed by atoms with Crippen molar-refractivity contribution in [1.29, 1.82) is 0 Å². The minimum Gasteiger partial charge on any atom is -0.339 e. The Morgan fingerprint density at radius 2 is 1.96 bits per heavy atom. The van der Waals surface area contributed by atoms with Crippen LogP contribution in [0.5, 0.6) is 0 Å². The zero-order valence-electron chi connectivity index (χ0n) is 14.1. The molecule has 124 valence electrons. The largest absolute Gasteiger partial charge is 0.339 e. The van der Waals surface area contributed by atoms with Gasteiger partial charge in [0, 0.05) is 35.4 Å². The zero-order valence-corrected chi connectivity index (χ0v) is 14.9. The maximum atomic E-state index is 13.0. The van der Waals surface area contributed by atoms with Crippen LogP contribution in [0.15, 0.2) is 17.1 Å². The summed E-state index contributed by atoms with van der Waals surface area (Å²) in [4.78, 5) is 28.7. The molecule has 0 atom stereocenters. The Hall–Kier alpha value is -1.62. The summed E-state index contributed by atoms with van der Waals surface area (Å²) in [6.07, 6.45) is 5.17. The Morgan fingerprint density at radius 1 is 1.26 bits per heavy atom. The van der Waals surface area contributed by atoms with E-state index in [1.807, 2.05) is 24.1 Å². The molecule has 0 spiro atoms. The van der Waals surface area contributed by atoms with Gasteiger partial charge in [-0.1, -0.05) is 13.8 Å². The first kappa shape index (κ1) is 16.2. The number of aromatic nitrogens is 1. The van der Waals surface area contributed by atoms with Crippen LogP contribution in [0.25, 0.3) is 10.1 Å². The average Bonchev–Trinajstić information content (AvgIpc) is 2.87. The summed E-state index contributed by atoms with van der Waals surface area (Å²) >= 11 is 1.55. The molecule has 0 aromatic carbocycles. The van der Waals surface area contributed by atoms with Crippen LogP contribution in [-0.2, 0) is 6.54 Å². The van der Waals surface area contributed by atoms with E-state index in [0.717, 1.165) is 35.5 Å². The van der Waals surface area contributed by atoms with Gasteiger partial charge in [-0.2, -0.15) is 0 Å². The Bertz CT molecular complexity index is 782. The minimum atomic E-state index is -0.0269. The van der Waals surface area contributed by atoms with E-state index in [1.54, 1.807) is 15.9 Å². The van der Waals surface area contributed by atoms with Crippen LogP contribution >= 0.6 is 11.3 Å². The Morgan fingerprint density at radius 3 is 2.61 bits per heavy atom. The molecule has 1 aliphatic rings. The summed E-state index contributed by atoms with van der Waals surface area (Å²) in [6.45, 7) is 8.44. The number of carbonyl (C=O) groups is 1. The fraction of sp³-hybridized carbons (Fsp3) is 0.556.